The van der Waals surface area contributed by atoms with E-state index in [9.17, 15) is 19.2 Å². The van der Waals surface area contributed by atoms with E-state index in [0.29, 0.717) is 37.2 Å². The Morgan fingerprint density at radius 3 is 2.41 bits per heavy atom. The Morgan fingerprint density at radius 2 is 1.71 bits per heavy atom. The van der Waals surface area contributed by atoms with Crippen LogP contribution in [0.2, 0.25) is 0 Å². The van der Waals surface area contributed by atoms with Crippen LogP contribution in [0.25, 0.3) is 22.2 Å². The molecule has 11 nitrogen and oxygen atoms in total. The van der Waals surface area contributed by atoms with Gasteiger partial charge in [-0.3, -0.25) is 28.9 Å². The van der Waals surface area contributed by atoms with Gasteiger partial charge in [0, 0.05) is 46.2 Å². The maximum atomic E-state index is 13.1. The molecule has 1 atom stereocenters. The van der Waals surface area contributed by atoms with Gasteiger partial charge in [-0.2, -0.15) is 0 Å². The Kier molecular flexibility index (Phi) is 7.90. The summed E-state index contributed by atoms with van der Waals surface area (Å²) in [7, 11) is 1.68. The molecule has 2 aliphatic rings. The van der Waals surface area contributed by atoms with E-state index in [1.807, 2.05) is 63.2 Å². The fourth-order valence-electron chi connectivity index (χ4n) is 5.31. The molecular formula is C30H37N5O6. The summed E-state index contributed by atoms with van der Waals surface area (Å²) in [5.74, 6) is -0.0237. The molecule has 0 aliphatic carbocycles. The van der Waals surface area contributed by atoms with Crippen LogP contribution in [0.15, 0.2) is 47.3 Å². The van der Waals surface area contributed by atoms with Crippen LogP contribution in [0, 0.1) is 0 Å². The number of nitrogens with one attached hydrogen (secondary N) is 1. The van der Waals surface area contributed by atoms with E-state index < -0.39 is 17.6 Å². The monoisotopic (exact) mass is 563 g/mol. The first-order chi connectivity index (χ1) is 19.5. The van der Waals surface area contributed by atoms with Gasteiger partial charge in [-0.1, -0.05) is 18.2 Å². The average molecular weight is 564 g/mol. The highest BCUT2D eigenvalue weighted by Gasteiger charge is 2.31. The number of amides is 3. The third-order valence-corrected chi connectivity index (χ3v) is 7.48. The summed E-state index contributed by atoms with van der Waals surface area (Å²) >= 11 is 0. The summed E-state index contributed by atoms with van der Waals surface area (Å²) in [5.41, 5.74) is 2.41. The fraction of sp³-hybridized carbons (Fsp3) is 0.467. The van der Waals surface area contributed by atoms with E-state index in [4.69, 9.17) is 9.47 Å². The van der Waals surface area contributed by atoms with Crippen LogP contribution in [0.1, 0.15) is 39.7 Å². The van der Waals surface area contributed by atoms with Crippen LogP contribution in [-0.2, 0) is 21.4 Å². The Labute approximate surface area is 238 Å². The summed E-state index contributed by atoms with van der Waals surface area (Å²) in [5, 5.41) is 2.34. The molecule has 2 fully saturated rings. The summed E-state index contributed by atoms with van der Waals surface area (Å²) in [6.45, 7) is 9.64. The van der Waals surface area contributed by atoms with Crippen molar-refractivity contribution in [2.45, 2.75) is 45.3 Å². The molecule has 2 saturated heterocycles. The van der Waals surface area contributed by atoms with Crippen molar-refractivity contribution in [3.8, 4) is 16.9 Å². The quantitative estimate of drug-likeness (QED) is 0.459. The Balaban J connectivity index is 1.22. The largest absolute Gasteiger partial charge is 0.492 e. The molecule has 5 rings (SSSR count). The Morgan fingerprint density at radius 1 is 0.976 bits per heavy atom. The van der Waals surface area contributed by atoms with Gasteiger partial charge >= 0.3 is 11.8 Å². The molecule has 0 bridgehead atoms. The van der Waals surface area contributed by atoms with Gasteiger partial charge < -0.3 is 14.4 Å². The molecule has 1 aromatic heterocycles. The fourth-order valence-corrected chi connectivity index (χ4v) is 5.31. The topological polar surface area (TPSA) is 115 Å². The Hall–Kier alpha value is -4.12. The van der Waals surface area contributed by atoms with Gasteiger partial charge in [0.1, 0.15) is 24.0 Å². The normalized spacial score (nSPS) is 18.4. The highest BCUT2D eigenvalue weighted by atomic mass is 16.6. The van der Waals surface area contributed by atoms with Crippen molar-refractivity contribution in [1.82, 2.24) is 24.3 Å². The summed E-state index contributed by atoms with van der Waals surface area (Å²) < 4.78 is 14.6. The molecule has 3 aromatic rings. The van der Waals surface area contributed by atoms with Crippen LogP contribution < -0.4 is 15.7 Å². The zero-order valence-corrected chi connectivity index (χ0v) is 24.0. The van der Waals surface area contributed by atoms with Crippen LogP contribution in [-0.4, -0.2) is 81.8 Å². The minimum Gasteiger partial charge on any atom is -0.492 e. The number of nitrogens with zero attached hydrogens (tertiary/aromatic N) is 4. The van der Waals surface area contributed by atoms with Crippen LogP contribution in [0.4, 0.5) is 4.79 Å². The number of aryl methyl sites for hydroxylation is 1. The molecular weight excluding hydrogens is 526 g/mol. The minimum atomic E-state index is -0.716. The molecule has 1 unspecified atom stereocenters. The van der Waals surface area contributed by atoms with E-state index in [1.165, 1.54) is 9.13 Å². The minimum absolute atomic E-state index is 0.201. The van der Waals surface area contributed by atoms with Crippen molar-refractivity contribution in [3.05, 3.63) is 52.9 Å². The molecule has 3 amide bonds. The van der Waals surface area contributed by atoms with Gasteiger partial charge in [-0.15, -0.1) is 0 Å². The van der Waals surface area contributed by atoms with E-state index in [2.05, 4.69) is 10.2 Å². The number of carbonyl (C=O) groups excluding carboxylic acids is 3. The predicted molar refractivity (Wildman–Crippen MR) is 154 cm³/mol. The van der Waals surface area contributed by atoms with Gasteiger partial charge in [0.25, 0.3) is 0 Å². The van der Waals surface area contributed by atoms with Crippen molar-refractivity contribution in [3.63, 3.8) is 0 Å². The van der Waals surface area contributed by atoms with Gasteiger partial charge in [0.15, 0.2) is 0 Å². The number of piperazine rings is 1. The standard InChI is InChI=1S/C30H37N5O6/c1-30(2,3)41-29(39)34-14-12-33(13-15-34)16-17-40-22-7-5-6-20(18-22)21-8-9-23-25(19-21)32(4)28(38)35(23)24-10-11-26(36)31-27(24)37/h5-9,18-19,24H,10-17H2,1-4H3,(H,31,36,37). The molecule has 0 radical (unpaired) electrons. The lowest BCUT2D eigenvalue weighted by atomic mass is 10.0. The van der Waals surface area contributed by atoms with E-state index in [1.54, 1.807) is 11.9 Å². The molecule has 41 heavy (non-hydrogen) atoms. The number of hydrogen-bond donors (Lipinski definition) is 1. The lowest BCUT2D eigenvalue weighted by Gasteiger charge is -2.35. The first-order valence-corrected chi connectivity index (χ1v) is 14.0. The SMILES string of the molecule is Cn1c(=O)n(C2CCC(=O)NC2=O)c2ccc(-c3cccc(OCCN4CCN(C(=O)OC(C)(C)C)CC4)c3)cc21. The third kappa shape index (κ3) is 6.30. The molecule has 0 spiro atoms. The first kappa shape index (κ1) is 28.4. The highest BCUT2D eigenvalue weighted by molar-refractivity contribution is 6.00. The number of fused-ring (bicyclic) bond motifs is 1. The predicted octanol–water partition coefficient (Wildman–Crippen LogP) is 2.92. The van der Waals surface area contributed by atoms with Crippen molar-refractivity contribution in [2.24, 2.45) is 7.05 Å². The maximum Gasteiger partial charge on any atom is 0.410 e. The van der Waals surface area contributed by atoms with Gasteiger partial charge in [0.05, 0.1) is 11.0 Å². The number of carbonyl (C=O) groups is 3. The van der Waals surface area contributed by atoms with Gasteiger partial charge in [-0.05, 0) is 62.6 Å². The van der Waals surface area contributed by atoms with Crippen LogP contribution in [0.3, 0.4) is 0 Å². The van der Waals surface area contributed by atoms with Crippen molar-refractivity contribution < 1.29 is 23.9 Å². The van der Waals surface area contributed by atoms with Gasteiger partial charge in [-0.25, -0.2) is 9.59 Å². The first-order valence-electron chi connectivity index (χ1n) is 14.0. The number of imide groups is 1. The second-order valence-corrected chi connectivity index (χ2v) is 11.6. The maximum absolute atomic E-state index is 13.1. The van der Waals surface area contributed by atoms with Crippen LogP contribution in [0.5, 0.6) is 5.75 Å². The van der Waals surface area contributed by atoms with E-state index in [0.717, 1.165) is 36.5 Å². The molecule has 3 heterocycles. The number of imidazole rings is 1. The van der Waals surface area contributed by atoms with Crippen molar-refractivity contribution in [1.29, 1.82) is 0 Å². The molecule has 2 aliphatic heterocycles. The Bertz CT molecular complexity index is 1530. The van der Waals surface area contributed by atoms with Gasteiger partial charge in [0.2, 0.25) is 11.8 Å². The zero-order valence-electron chi connectivity index (χ0n) is 24.0. The van der Waals surface area contributed by atoms with Crippen molar-refractivity contribution >= 4 is 28.9 Å². The summed E-state index contributed by atoms with van der Waals surface area (Å²) in [6.07, 6.45) is 0.229. The molecule has 1 N–H and O–H groups in total. The second kappa shape index (κ2) is 11.4. The number of ether oxygens (including phenoxy) is 2. The molecule has 218 valence electrons. The molecule has 0 saturated carbocycles. The second-order valence-electron chi connectivity index (χ2n) is 11.6. The average Bonchev–Trinajstić information content (AvgIpc) is 3.17. The summed E-state index contributed by atoms with van der Waals surface area (Å²) in [6, 6.07) is 12.8. The highest BCUT2D eigenvalue weighted by Crippen LogP contribution is 2.29. The lowest BCUT2D eigenvalue weighted by Crippen LogP contribution is -2.50. The number of rotatable bonds is 6. The van der Waals surface area contributed by atoms with Crippen molar-refractivity contribution in [2.75, 3.05) is 39.3 Å². The zero-order chi connectivity index (χ0) is 29.3. The molecule has 11 heteroatoms. The smallest absolute Gasteiger partial charge is 0.410 e. The number of benzene rings is 2. The third-order valence-electron chi connectivity index (χ3n) is 7.48. The summed E-state index contributed by atoms with van der Waals surface area (Å²) in [4.78, 5) is 53.5. The van der Waals surface area contributed by atoms with Crippen LogP contribution >= 0.6 is 0 Å². The number of piperidine rings is 1. The number of hydrogen-bond acceptors (Lipinski definition) is 7. The van der Waals surface area contributed by atoms with E-state index in [-0.39, 0.29) is 24.1 Å². The molecule has 2 aromatic carbocycles. The number of aromatic nitrogens is 2. The van der Waals surface area contributed by atoms with E-state index >= 15 is 0 Å². The lowest BCUT2D eigenvalue weighted by molar-refractivity contribution is -0.135.